The maximum absolute atomic E-state index is 12.2. The van der Waals surface area contributed by atoms with Crippen molar-refractivity contribution < 1.29 is 4.79 Å². The topological polar surface area (TPSA) is 65.8 Å². The number of nitrogens with zero attached hydrogens (tertiary/aromatic N) is 2. The Morgan fingerprint density at radius 2 is 2.15 bits per heavy atom. The van der Waals surface area contributed by atoms with Crippen molar-refractivity contribution in [2.75, 3.05) is 0 Å². The van der Waals surface area contributed by atoms with Gasteiger partial charge in [-0.1, -0.05) is 45.7 Å². The molecule has 1 heterocycles. The zero-order chi connectivity index (χ0) is 15.3. The van der Waals surface area contributed by atoms with E-state index in [1.54, 1.807) is 6.07 Å². The number of amides is 1. The lowest BCUT2D eigenvalue weighted by molar-refractivity contribution is 0.0943. The molecule has 1 rings (SSSR count). The Morgan fingerprint density at radius 3 is 2.65 bits per heavy atom. The molecule has 0 bridgehead atoms. The molecule has 1 N–H and O–H groups in total. The normalized spacial score (nSPS) is 12.6. The molecule has 20 heavy (non-hydrogen) atoms. The average Bonchev–Trinajstić information content (AvgIpc) is 2.36. The van der Waals surface area contributed by atoms with Crippen LogP contribution in [0.1, 0.15) is 56.6 Å². The molecule has 1 amide bonds. The highest BCUT2D eigenvalue weighted by Gasteiger charge is 2.20. The van der Waals surface area contributed by atoms with Crippen LogP contribution in [0, 0.1) is 11.3 Å². The van der Waals surface area contributed by atoms with Gasteiger partial charge in [0.25, 0.3) is 5.91 Å². The molecule has 1 atom stereocenters. The van der Waals surface area contributed by atoms with Crippen LogP contribution in [-0.4, -0.2) is 16.9 Å². The fraction of sp³-hybridized carbons (Fsp3) is 0.533. The standard InChI is InChI=1S/C15H20ClN3O/c1-5-6-11(9-17)18-14(20)10-7-12(15(2,3)4)19-13(16)8-10/h7-8,11H,5-6H2,1-4H3,(H,18,20). The summed E-state index contributed by atoms with van der Waals surface area (Å²) >= 11 is 5.98. The molecule has 0 spiro atoms. The molecule has 0 fully saturated rings. The first kappa shape index (κ1) is 16.5. The Bertz CT molecular complexity index is 529. The number of carbonyl (C=O) groups excluding carboxylic acids is 1. The largest absolute Gasteiger partial charge is 0.336 e. The minimum atomic E-state index is -0.475. The van der Waals surface area contributed by atoms with Crippen molar-refractivity contribution in [3.63, 3.8) is 0 Å². The highest BCUT2D eigenvalue weighted by molar-refractivity contribution is 6.29. The van der Waals surface area contributed by atoms with E-state index in [4.69, 9.17) is 16.9 Å². The first-order valence-corrected chi connectivity index (χ1v) is 7.04. The predicted octanol–water partition coefficient (Wildman–Crippen LogP) is 3.45. The molecule has 5 heteroatoms. The number of nitrogens with one attached hydrogen (secondary N) is 1. The fourth-order valence-electron chi connectivity index (χ4n) is 1.71. The molecular formula is C15H20ClN3O. The summed E-state index contributed by atoms with van der Waals surface area (Å²) in [5.74, 6) is -0.292. The number of halogens is 1. The monoisotopic (exact) mass is 293 g/mol. The second kappa shape index (κ2) is 6.71. The third kappa shape index (κ3) is 4.50. The highest BCUT2D eigenvalue weighted by atomic mass is 35.5. The van der Waals surface area contributed by atoms with E-state index in [0.717, 1.165) is 12.1 Å². The summed E-state index contributed by atoms with van der Waals surface area (Å²) in [5, 5.41) is 12.0. The van der Waals surface area contributed by atoms with Crippen molar-refractivity contribution in [3.8, 4) is 6.07 Å². The van der Waals surface area contributed by atoms with E-state index in [9.17, 15) is 4.79 Å². The number of hydrogen-bond acceptors (Lipinski definition) is 3. The minimum Gasteiger partial charge on any atom is -0.336 e. The molecule has 1 aromatic heterocycles. The van der Waals surface area contributed by atoms with Crippen LogP contribution in [0.15, 0.2) is 12.1 Å². The van der Waals surface area contributed by atoms with Gasteiger partial charge in [0.05, 0.1) is 6.07 Å². The van der Waals surface area contributed by atoms with Crippen LogP contribution in [0.3, 0.4) is 0 Å². The average molecular weight is 294 g/mol. The Kier molecular flexibility index (Phi) is 5.52. The van der Waals surface area contributed by atoms with Crippen molar-refractivity contribution in [2.24, 2.45) is 0 Å². The molecule has 0 aliphatic carbocycles. The molecule has 108 valence electrons. The van der Waals surface area contributed by atoms with Crippen molar-refractivity contribution >= 4 is 17.5 Å². The van der Waals surface area contributed by atoms with Gasteiger partial charge in [-0.3, -0.25) is 4.79 Å². The van der Waals surface area contributed by atoms with Gasteiger partial charge >= 0.3 is 0 Å². The van der Waals surface area contributed by atoms with Gasteiger partial charge in [0.15, 0.2) is 0 Å². The van der Waals surface area contributed by atoms with E-state index < -0.39 is 6.04 Å². The number of carbonyl (C=O) groups is 1. The van der Waals surface area contributed by atoms with Crippen LogP contribution in [0.25, 0.3) is 0 Å². The quantitative estimate of drug-likeness (QED) is 0.865. The number of nitriles is 1. The Hall–Kier alpha value is -1.60. The number of pyridine rings is 1. The van der Waals surface area contributed by atoms with Crippen LogP contribution >= 0.6 is 11.6 Å². The second-order valence-corrected chi connectivity index (χ2v) is 6.14. The summed E-state index contributed by atoms with van der Waals surface area (Å²) in [7, 11) is 0. The lowest BCUT2D eigenvalue weighted by atomic mass is 9.91. The summed E-state index contributed by atoms with van der Waals surface area (Å²) in [4.78, 5) is 16.4. The van der Waals surface area contributed by atoms with E-state index >= 15 is 0 Å². The first-order valence-electron chi connectivity index (χ1n) is 6.66. The molecule has 4 nitrogen and oxygen atoms in total. The molecule has 0 aliphatic rings. The second-order valence-electron chi connectivity index (χ2n) is 5.76. The van der Waals surface area contributed by atoms with Crippen molar-refractivity contribution in [1.82, 2.24) is 10.3 Å². The van der Waals surface area contributed by atoms with Gasteiger partial charge in [0.2, 0.25) is 0 Å². The predicted molar refractivity (Wildman–Crippen MR) is 79.7 cm³/mol. The summed E-state index contributed by atoms with van der Waals surface area (Å²) < 4.78 is 0. The molecule has 0 radical (unpaired) electrons. The van der Waals surface area contributed by atoms with Crippen molar-refractivity contribution in [1.29, 1.82) is 5.26 Å². The lowest BCUT2D eigenvalue weighted by Crippen LogP contribution is -2.33. The van der Waals surface area contributed by atoms with Crippen molar-refractivity contribution in [2.45, 2.75) is 52.0 Å². The van der Waals surface area contributed by atoms with Crippen LogP contribution in [-0.2, 0) is 5.41 Å². The van der Waals surface area contributed by atoms with Gasteiger partial charge in [0.1, 0.15) is 11.2 Å². The van der Waals surface area contributed by atoms with Gasteiger partial charge in [-0.25, -0.2) is 4.98 Å². The van der Waals surface area contributed by atoms with Crippen LogP contribution in [0.5, 0.6) is 0 Å². The van der Waals surface area contributed by atoms with E-state index in [0.29, 0.717) is 12.0 Å². The van der Waals surface area contributed by atoms with E-state index in [1.807, 2.05) is 27.7 Å². The van der Waals surface area contributed by atoms with Crippen LogP contribution in [0.4, 0.5) is 0 Å². The molecule has 0 aromatic carbocycles. The summed E-state index contributed by atoms with van der Waals surface area (Å²) in [6, 6.07) is 4.85. The summed E-state index contributed by atoms with van der Waals surface area (Å²) in [6.45, 7) is 7.98. The lowest BCUT2D eigenvalue weighted by Gasteiger charge is -2.19. The zero-order valence-corrected chi connectivity index (χ0v) is 13.1. The Balaban J connectivity index is 2.99. The maximum Gasteiger partial charge on any atom is 0.252 e. The Labute approximate surface area is 125 Å². The van der Waals surface area contributed by atoms with Gasteiger partial charge < -0.3 is 5.32 Å². The minimum absolute atomic E-state index is 0.196. The van der Waals surface area contributed by atoms with Crippen LogP contribution in [0.2, 0.25) is 5.15 Å². The van der Waals surface area contributed by atoms with Gasteiger partial charge in [-0.05, 0) is 18.6 Å². The highest BCUT2D eigenvalue weighted by Crippen LogP contribution is 2.23. The Morgan fingerprint density at radius 1 is 1.50 bits per heavy atom. The number of rotatable bonds is 4. The maximum atomic E-state index is 12.2. The van der Waals surface area contributed by atoms with E-state index in [2.05, 4.69) is 16.4 Å². The van der Waals surface area contributed by atoms with E-state index in [1.165, 1.54) is 6.07 Å². The smallest absolute Gasteiger partial charge is 0.252 e. The third-order valence-electron chi connectivity index (χ3n) is 2.86. The molecule has 1 aromatic rings. The molecule has 0 saturated heterocycles. The zero-order valence-electron chi connectivity index (χ0n) is 12.3. The SMILES string of the molecule is CCCC(C#N)NC(=O)c1cc(Cl)nc(C(C)(C)C)c1. The first-order chi connectivity index (χ1) is 9.27. The molecule has 1 unspecified atom stereocenters. The van der Waals surface area contributed by atoms with Gasteiger partial charge in [-0.15, -0.1) is 0 Å². The number of aromatic nitrogens is 1. The van der Waals surface area contributed by atoms with Crippen LogP contribution < -0.4 is 5.32 Å². The molecular weight excluding hydrogens is 274 g/mol. The fourth-order valence-corrected chi connectivity index (χ4v) is 1.92. The number of hydrogen-bond donors (Lipinski definition) is 1. The van der Waals surface area contributed by atoms with Crippen molar-refractivity contribution in [3.05, 3.63) is 28.5 Å². The van der Waals surface area contributed by atoms with Gasteiger partial charge in [-0.2, -0.15) is 5.26 Å². The summed E-state index contributed by atoms with van der Waals surface area (Å²) in [6.07, 6.45) is 1.47. The summed E-state index contributed by atoms with van der Waals surface area (Å²) in [5.41, 5.74) is 0.989. The van der Waals surface area contributed by atoms with Gasteiger partial charge in [0, 0.05) is 16.7 Å². The van der Waals surface area contributed by atoms with E-state index in [-0.39, 0.29) is 16.5 Å². The molecule has 0 aliphatic heterocycles. The molecule has 0 saturated carbocycles. The third-order valence-corrected chi connectivity index (χ3v) is 3.06.